The predicted molar refractivity (Wildman–Crippen MR) is 97.3 cm³/mol. The molecule has 1 aromatic carbocycles. The van der Waals surface area contributed by atoms with Gasteiger partial charge in [0.25, 0.3) is 5.91 Å². The Morgan fingerprint density at radius 1 is 1.14 bits per heavy atom. The van der Waals surface area contributed by atoms with Crippen molar-refractivity contribution < 1.29 is 28.3 Å². The molecule has 0 radical (unpaired) electrons. The molecule has 4 atom stereocenters. The second-order valence-corrected chi connectivity index (χ2v) is 7.30. The van der Waals surface area contributed by atoms with Crippen molar-refractivity contribution in [1.29, 1.82) is 0 Å². The molecule has 1 aromatic rings. The van der Waals surface area contributed by atoms with E-state index < -0.39 is 29.8 Å². The van der Waals surface area contributed by atoms with Gasteiger partial charge in [0.15, 0.2) is 6.10 Å². The van der Waals surface area contributed by atoms with Gasteiger partial charge in [0, 0.05) is 5.69 Å². The first-order valence-electron chi connectivity index (χ1n) is 9.43. The molecule has 1 heterocycles. The molecule has 1 N–H and O–H groups in total. The topological polar surface area (TPSA) is 92.8 Å². The van der Waals surface area contributed by atoms with E-state index in [4.69, 9.17) is 4.74 Å². The van der Waals surface area contributed by atoms with Crippen LogP contribution in [-0.4, -0.2) is 40.7 Å². The van der Waals surface area contributed by atoms with Crippen molar-refractivity contribution in [3.05, 3.63) is 30.1 Å². The van der Waals surface area contributed by atoms with Gasteiger partial charge < -0.3 is 10.1 Å². The molecule has 28 heavy (non-hydrogen) atoms. The van der Waals surface area contributed by atoms with E-state index >= 15 is 0 Å². The Labute approximate surface area is 162 Å². The maximum absolute atomic E-state index is 13.2. The van der Waals surface area contributed by atoms with Gasteiger partial charge in [-0.15, -0.1) is 0 Å². The maximum atomic E-state index is 13.2. The smallest absolute Gasteiger partial charge is 0.329 e. The van der Waals surface area contributed by atoms with Crippen LogP contribution >= 0.6 is 0 Å². The van der Waals surface area contributed by atoms with E-state index in [2.05, 4.69) is 5.32 Å². The minimum Gasteiger partial charge on any atom is -0.451 e. The van der Waals surface area contributed by atoms with Gasteiger partial charge in [-0.05, 0) is 44.9 Å². The van der Waals surface area contributed by atoms with Crippen molar-refractivity contribution in [2.24, 2.45) is 11.8 Å². The molecule has 1 aliphatic carbocycles. The zero-order valence-corrected chi connectivity index (χ0v) is 15.8. The third kappa shape index (κ3) is 3.90. The molecule has 7 nitrogen and oxygen atoms in total. The highest BCUT2D eigenvalue weighted by Crippen LogP contribution is 2.38. The Morgan fingerprint density at radius 3 is 2.32 bits per heavy atom. The second kappa shape index (κ2) is 8.08. The number of amides is 3. The van der Waals surface area contributed by atoms with E-state index in [0.29, 0.717) is 12.8 Å². The highest BCUT2D eigenvalue weighted by atomic mass is 19.1. The van der Waals surface area contributed by atoms with Crippen LogP contribution in [0.5, 0.6) is 0 Å². The van der Waals surface area contributed by atoms with Crippen molar-refractivity contribution in [1.82, 2.24) is 4.90 Å². The lowest BCUT2D eigenvalue weighted by molar-refractivity contribution is -0.163. The van der Waals surface area contributed by atoms with Gasteiger partial charge in [0.05, 0.1) is 11.8 Å². The average molecular weight is 390 g/mol. The van der Waals surface area contributed by atoms with E-state index in [1.54, 1.807) is 0 Å². The van der Waals surface area contributed by atoms with Gasteiger partial charge in [0.2, 0.25) is 11.8 Å². The standard InChI is InChI=1S/C20H23FN2O5/c1-11(23-18(25)15-8-3-4-9-16(15)19(23)26)20(27)28-12(2)17(24)22-14-7-5-6-13(21)10-14/h5-7,10-12,15-16H,3-4,8-9H2,1-2H3,(H,22,24)/t11-,12+,15-,16+/m0/s1. The number of fused-ring (bicyclic) bond motifs is 1. The minimum atomic E-state index is -1.17. The number of benzene rings is 1. The zero-order chi connectivity index (χ0) is 20.4. The van der Waals surface area contributed by atoms with Crippen molar-refractivity contribution in [2.75, 3.05) is 5.32 Å². The lowest BCUT2D eigenvalue weighted by atomic mass is 9.81. The molecule has 0 spiro atoms. The van der Waals surface area contributed by atoms with Gasteiger partial charge in [-0.1, -0.05) is 18.9 Å². The van der Waals surface area contributed by atoms with Crippen molar-refractivity contribution >= 4 is 29.4 Å². The number of nitrogens with zero attached hydrogens (tertiary/aromatic N) is 1. The van der Waals surface area contributed by atoms with E-state index in [0.717, 1.165) is 23.8 Å². The van der Waals surface area contributed by atoms with E-state index in [9.17, 15) is 23.6 Å². The quantitative estimate of drug-likeness (QED) is 0.615. The highest BCUT2D eigenvalue weighted by molar-refractivity contribution is 6.08. The molecule has 1 aliphatic heterocycles. The average Bonchev–Trinajstić information content (AvgIpc) is 2.92. The summed E-state index contributed by atoms with van der Waals surface area (Å²) >= 11 is 0. The summed E-state index contributed by atoms with van der Waals surface area (Å²) in [4.78, 5) is 50.7. The number of esters is 1. The summed E-state index contributed by atoms with van der Waals surface area (Å²) in [6.45, 7) is 2.79. The Morgan fingerprint density at radius 2 is 1.75 bits per heavy atom. The largest absolute Gasteiger partial charge is 0.451 e. The third-order valence-electron chi connectivity index (χ3n) is 5.36. The van der Waals surface area contributed by atoms with Crippen LogP contribution in [0.3, 0.4) is 0 Å². The molecule has 8 heteroatoms. The summed E-state index contributed by atoms with van der Waals surface area (Å²) in [6, 6.07) is 4.21. The predicted octanol–water partition coefficient (Wildman–Crippen LogP) is 2.26. The van der Waals surface area contributed by atoms with Gasteiger partial charge >= 0.3 is 5.97 Å². The summed E-state index contributed by atoms with van der Waals surface area (Å²) in [5, 5.41) is 2.45. The normalized spacial score (nSPS) is 23.8. The fraction of sp³-hybridized carbons (Fsp3) is 0.500. The van der Waals surface area contributed by atoms with Gasteiger partial charge in [-0.2, -0.15) is 0 Å². The van der Waals surface area contributed by atoms with Crippen LogP contribution in [0.25, 0.3) is 0 Å². The number of imide groups is 1. The summed E-state index contributed by atoms with van der Waals surface area (Å²) in [6.07, 6.45) is 1.92. The Balaban J connectivity index is 1.61. The van der Waals surface area contributed by atoms with Gasteiger partial charge in [-0.3, -0.25) is 19.3 Å². The monoisotopic (exact) mass is 390 g/mol. The SMILES string of the molecule is C[C@@H](OC(=O)[C@H](C)N1C(=O)[C@H]2CCCC[C@H]2C1=O)C(=O)Nc1cccc(F)c1. The third-order valence-corrected chi connectivity index (χ3v) is 5.36. The highest BCUT2D eigenvalue weighted by Gasteiger charge is 2.51. The molecule has 2 fully saturated rings. The van der Waals surface area contributed by atoms with Gasteiger partial charge in [-0.25, -0.2) is 9.18 Å². The first-order valence-corrected chi connectivity index (χ1v) is 9.43. The number of nitrogens with one attached hydrogen (secondary N) is 1. The molecule has 1 saturated carbocycles. The molecule has 2 aliphatic rings. The minimum absolute atomic E-state index is 0.231. The fourth-order valence-corrected chi connectivity index (χ4v) is 3.81. The Hall–Kier alpha value is -2.77. The number of hydrogen-bond donors (Lipinski definition) is 1. The molecule has 3 rings (SSSR count). The van der Waals surface area contributed by atoms with Crippen LogP contribution < -0.4 is 5.32 Å². The molecule has 0 aromatic heterocycles. The lowest BCUT2D eigenvalue weighted by Crippen LogP contribution is -2.46. The number of anilines is 1. The zero-order valence-electron chi connectivity index (χ0n) is 15.8. The van der Waals surface area contributed by atoms with E-state index in [-0.39, 0.29) is 29.3 Å². The van der Waals surface area contributed by atoms with Crippen LogP contribution in [0.15, 0.2) is 24.3 Å². The number of likely N-dealkylation sites (tertiary alicyclic amines) is 1. The van der Waals surface area contributed by atoms with E-state index in [1.165, 1.54) is 32.0 Å². The van der Waals surface area contributed by atoms with Crippen molar-refractivity contribution in [2.45, 2.75) is 51.7 Å². The molecule has 3 amide bonds. The fourth-order valence-electron chi connectivity index (χ4n) is 3.81. The van der Waals surface area contributed by atoms with Crippen LogP contribution in [0.1, 0.15) is 39.5 Å². The molecular weight excluding hydrogens is 367 g/mol. The summed E-state index contributed by atoms with van der Waals surface area (Å²) in [7, 11) is 0. The molecule has 0 bridgehead atoms. The first-order chi connectivity index (χ1) is 13.3. The number of carbonyl (C=O) groups excluding carboxylic acids is 4. The number of ether oxygens (including phenoxy) is 1. The van der Waals surface area contributed by atoms with E-state index in [1.807, 2.05) is 0 Å². The second-order valence-electron chi connectivity index (χ2n) is 7.30. The number of rotatable bonds is 5. The lowest BCUT2D eigenvalue weighted by Gasteiger charge is -2.23. The Kier molecular flexibility index (Phi) is 5.76. The maximum Gasteiger partial charge on any atom is 0.329 e. The molecular formula is C20H23FN2O5. The van der Waals surface area contributed by atoms with Crippen LogP contribution in [0.4, 0.5) is 10.1 Å². The molecule has 1 saturated heterocycles. The van der Waals surface area contributed by atoms with Crippen LogP contribution in [0.2, 0.25) is 0 Å². The Bertz CT molecular complexity index is 788. The van der Waals surface area contributed by atoms with Gasteiger partial charge in [0.1, 0.15) is 11.9 Å². The molecule has 150 valence electrons. The van der Waals surface area contributed by atoms with Crippen molar-refractivity contribution in [3.63, 3.8) is 0 Å². The van der Waals surface area contributed by atoms with Crippen LogP contribution in [-0.2, 0) is 23.9 Å². The van der Waals surface area contributed by atoms with Crippen LogP contribution in [0, 0.1) is 17.7 Å². The number of carbonyl (C=O) groups is 4. The summed E-state index contributed by atoms with van der Waals surface area (Å²) < 4.78 is 18.3. The number of hydrogen-bond acceptors (Lipinski definition) is 5. The summed E-state index contributed by atoms with van der Waals surface area (Å²) in [5.74, 6) is -3.37. The number of halogens is 1. The van der Waals surface area contributed by atoms with Crippen molar-refractivity contribution in [3.8, 4) is 0 Å². The molecule has 0 unspecified atom stereocenters. The summed E-state index contributed by atoms with van der Waals surface area (Å²) in [5.41, 5.74) is 0.231. The first kappa shape index (κ1) is 20.0.